The van der Waals surface area contributed by atoms with Crippen LogP contribution in [0.5, 0.6) is 0 Å². The third-order valence-electron chi connectivity index (χ3n) is 3.46. The van der Waals surface area contributed by atoms with E-state index in [0.717, 1.165) is 37.8 Å². The molecule has 0 saturated heterocycles. The van der Waals surface area contributed by atoms with Crippen molar-refractivity contribution in [3.63, 3.8) is 0 Å². The van der Waals surface area contributed by atoms with Gasteiger partial charge in [0.2, 0.25) is 0 Å². The minimum atomic E-state index is 0.107. The first-order valence-corrected chi connectivity index (χ1v) is 6.51. The maximum atomic E-state index is 12.5. The van der Waals surface area contributed by atoms with Crippen molar-refractivity contribution in [2.45, 2.75) is 0 Å². The van der Waals surface area contributed by atoms with Crippen LogP contribution in [0.15, 0.2) is 47.1 Å². The predicted molar refractivity (Wildman–Crippen MR) is 74.9 cm³/mol. The van der Waals surface area contributed by atoms with Crippen LogP contribution in [0.25, 0.3) is 22.0 Å². The van der Waals surface area contributed by atoms with Crippen LogP contribution in [0.3, 0.4) is 0 Å². The molecule has 1 aromatic heterocycles. The van der Waals surface area contributed by atoms with Crippen molar-refractivity contribution in [3.8, 4) is 11.1 Å². The van der Waals surface area contributed by atoms with Gasteiger partial charge in [0, 0.05) is 27.6 Å². The van der Waals surface area contributed by atoms with Crippen molar-refractivity contribution in [1.82, 2.24) is 4.98 Å². The van der Waals surface area contributed by atoms with Crippen LogP contribution in [0.4, 0.5) is 0 Å². The minimum absolute atomic E-state index is 0.107. The van der Waals surface area contributed by atoms with Crippen LogP contribution in [0.1, 0.15) is 15.9 Å². The monoisotopic (exact) mass is 297 g/mol. The number of carbonyl (C=O) groups is 1. The number of carbonyl (C=O) groups excluding carboxylic acids is 1. The molecule has 0 spiro atoms. The number of hydrogen-bond acceptors (Lipinski definition) is 1. The van der Waals surface area contributed by atoms with E-state index in [2.05, 4.69) is 20.9 Å². The molecule has 0 bridgehead atoms. The summed E-state index contributed by atoms with van der Waals surface area (Å²) in [5.74, 6) is 0.107. The molecule has 18 heavy (non-hydrogen) atoms. The number of benzene rings is 2. The maximum Gasteiger partial charge on any atom is 0.194 e. The number of ketones is 1. The summed E-state index contributed by atoms with van der Waals surface area (Å²) in [7, 11) is 0. The Labute approximate surface area is 112 Å². The summed E-state index contributed by atoms with van der Waals surface area (Å²) in [6.45, 7) is 0. The van der Waals surface area contributed by atoms with Crippen molar-refractivity contribution in [2.24, 2.45) is 0 Å². The Bertz CT molecular complexity index is 816. The zero-order chi connectivity index (χ0) is 12.3. The highest BCUT2D eigenvalue weighted by molar-refractivity contribution is 9.10. The van der Waals surface area contributed by atoms with Crippen molar-refractivity contribution in [2.75, 3.05) is 0 Å². The Morgan fingerprint density at radius 3 is 2.44 bits per heavy atom. The number of hydrogen-bond donors (Lipinski definition) is 1. The van der Waals surface area contributed by atoms with Crippen molar-refractivity contribution in [1.29, 1.82) is 0 Å². The lowest BCUT2D eigenvalue weighted by molar-refractivity contribution is 0.104. The number of nitrogens with one attached hydrogen (secondary N) is 1. The molecule has 1 aliphatic carbocycles. The smallest absolute Gasteiger partial charge is 0.194 e. The number of aromatic nitrogens is 1. The van der Waals surface area contributed by atoms with Crippen LogP contribution in [-0.2, 0) is 0 Å². The zero-order valence-corrected chi connectivity index (χ0v) is 10.9. The molecule has 86 valence electrons. The van der Waals surface area contributed by atoms with Gasteiger partial charge < -0.3 is 4.98 Å². The van der Waals surface area contributed by atoms with Gasteiger partial charge in [-0.2, -0.15) is 0 Å². The second-order valence-electron chi connectivity index (χ2n) is 4.42. The molecular weight excluding hydrogens is 290 g/mol. The van der Waals surface area contributed by atoms with Crippen LogP contribution in [-0.4, -0.2) is 10.8 Å². The SMILES string of the molecule is O=C1c2ccccc2-c2c(Br)[nH]c3cccc1c23. The summed E-state index contributed by atoms with van der Waals surface area (Å²) >= 11 is 3.56. The number of aromatic amines is 1. The fourth-order valence-corrected chi connectivity index (χ4v) is 3.33. The van der Waals surface area contributed by atoms with Crippen LogP contribution in [0.2, 0.25) is 0 Å². The molecule has 1 aliphatic rings. The van der Waals surface area contributed by atoms with Crippen molar-refractivity contribution in [3.05, 3.63) is 58.2 Å². The molecule has 1 heterocycles. The Morgan fingerprint density at radius 1 is 0.889 bits per heavy atom. The molecule has 0 amide bonds. The second kappa shape index (κ2) is 3.33. The summed E-state index contributed by atoms with van der Waals surface area (Å²) in [4.78, 5) is 15.8. The highest BCUT2D eigenvalue weighted by atomic mass is 79.9. The lowest BCUT2D eigenvalue weighted by Crippen LogP contribution is -2.08. The molecule has 0 atom stereocenters. The molecule has 0 fully saturated rings. The number of fused-ring (bicyclic) bond motifs is 2. The van der Waals surface area contributed by atoms with Crippen LogP contribution in [0, 0.1) is 0 Å². The first-order valence-electron chi connectivity index (χ1n) is 5.71. The van der Waals surface area contributed by atoms with E-state index >= 15 is 0 Å². The van der Waals surface area contributed by atoms with Crippen LogP contribution >= 0.6 is 15.9 Å². The van der Waals surface area contributed by atoms with Gasteiger partial charge in [-0.05, 0) is 27.6 Å². The third kappa shape index (κ3) is 1.10. The van der Waals surface area contributed by atoms with Gasteiger partial charge in [0.25, 0.3) is 0 Å². The van der Waals surface area contributed by atoms with E-state index in [0.29, 0.717) is 0 Å². The molecule has 2 nitrogen and oxygen atoms in total. The Hall–Kier alpha value is -1.87. The highest BCUT2D eigenvalue weighted by Gasteiger charge is 2.27. The van der Waals surface area contributed by atoms with E-state index in [-0.39, 0.29) is 5.78 Å². The average Bonchev–Trinajstić information content (AvgIpc) is 2.73. The molecule has 3 heteroatoms. The molecule has 0 saturated carbocycles. The molecule has 0 unspecified atom stereocenters. The minimum Gasteiger partial charge on any atom is -0.349 e. The normalized spacial score (nSPS) is 12.8. The van der Waals surface area contributed by atoms with Gasteiger partial charge in [-0.1, -0.05) is 36.4 Å². The van der Waals surface area contributed by atoms with Crippen molar-refractivity contribution >= 4 is 32.6 Å². The lowest BCUT2D eigenvalue weighted by atomic mass is 9.86. The van der Waals surface area contributed by atoms with Gasteiger partial charge in [0.05, 0.1) is 4.60 Å². The van der Waals surface area contributed by atoms with E-state index in [1.807, 2.05) is 42.5 Å². The highest BCUT2D eigenvalue weighted by Crippen LogP contribution is 2.43. The molecule has 2 aromatic carbocycles. The van der Waals surface area contributed by atoms with E-state index in [9.17, 15) is 4.79 Å². The lowest BCUT2D eigenvalue weighted by Gasteiger charge is -2.15. The second-order valence-corrected chi connectivity index (χ2v) is 5.21. The molecule has 4 rings (SSSR count). The fourth-order valence-electron chi connectivity index (χ4n) is 2.70. The van der Waals surface area contributed by atoms with Gasteiger partial charge in [-0.25, -0.2) is 0 Å². The molecule has 0 aliphatic heterocycles. The molecule has 1 N–H and O–H groups in total. The number of rotatable bonds is 0. The summed E-state index contributed by atoms with van der Waals surface area (Å²) in [5.41, 5.74) is 4.65. The Kier molecular flexibility index (Phi) is 1.87. The maximum absolute atomic E-state index is 12.5. The van der Waals surface area contributed by atoms with Crippen molar-refractivity contribution < 1.29 is 4.79 Å². The number of halogens is 1. The van der Waals surface area contributed by atoms with Gasteiger partial charge in [0.1, 0.15) is 0 Å². The van der Waals surface area contributed by atoms with E-state index < -0.39 is 0 Å². The Morgan fingerprint density at radius 2 is 1.61 bits per heavy atom. The summed E-state index contributed by atoms with van der Waals surface area (Å²) in [6, 6.07) is 13.6. The third-order valence-corrected chi connectivity index (χ3v) is 4.06. The predicted octanol–water partition coefficient (Wildman–Crippen LogP) is 4.14. The van der Waals surface area contributed by atoms with E-state index in [1.54, 1.807) is 0 Å². The molecule has 3 aromatic rings. The van der Waals surface area contributed by atoms with E-state index in [4.69, 9.17) is 0 Å². The molecular formula is C15H8BrNO. The van der Waals surface area contributed by atoms with Crippen LogP contribution < -0.4 is 0 Å². The quantitative estimate of drug-likeness (QED) is 0.520. The average molecular weight is 298 g/mol. The summed E-state index contributed by atoms with van der Waals surface area (Å²) in [6.07, 6.45) is 0. The fraction of sp³-hybridized carbons (Fsp3) is 0. The zero-order valence-electron chi connectivity index (χ0n) is 9.33. The van der Waals surface area contributed by atoms with Gasteiger partial charge >= 0.3 is 0 Å². The topological polar surface area (TPSA) is 32.9 Å². The Balaban J connectivity index is 2.30. The number of H-pyrrole nitrogens is 1. The first-order chi connectivity index (χ1) is 8.77. The summed E-state index contributed by atoms with van der Waals surface area (Å²) in [5, 5.41) is 1.02. The standard InChI is InChI=1S/C15H8BrNO/c16-15-13-8-4-1-2-5-9(8)14(18)10-6-3-7-11(17-15)12(10)13/h1-7,17H. The first kappa shape index (κ1) is 10.1. The van der Waals surface area contributed by atoms with Gasteiger partial charge in [0.15, 0.2) is 5.78 Å². The van der Waals surface area contributed by atoms with Gasteiger partial charge in [-0.3, -0.25) is 4.79 Å². The molecule has 0 radical (unpaired) electrons. The van der Waals surface area contributed by atoms with E-state index in [1.165, 1.54) is 0 Å². The largest absolute Gasteiger partial charge is 0.349 e. The van der Waals surface area contributed by atoms with Gasteiger partial charge in [-0.15, -0.1) is 0 Å². The summed E-state index contributed by atoms with van der Waals surface area (Å²) < 4.78 is 0.935.